The molecule has 3 N–H and O–H groups in total. The van der Waals surface area contributed by atoms with E-state index in [4.69, 9.17) is 18.0 Å². The van der Waals surface area contributed by atoms with Crippen molar-refractivity contribution in [1.29, 1.82) is 0 Å². The fraction of sp³-hybridized carbons (Fsp3) is 0. The van der Waals surface area contributed by atoms with Gasteiger partial charge >= 0.3 is 0 Å². The minimum Gasteiger partial charge on any atom is -0.389 e. The van der Waals surface area contributed by atoms with Crippen molar-refractivity contribution in [3.05, 3.63) is 58.3 Å². The number of para-hydroxylation sites is 1. The third-order valence-corrected chi connectivity index (χ3v) is 3.09. The van der Waals surface area contributed by atoms with Crippen LogP contribution in [0.4, 0.5) is 5.69 Å². The Labute approximate surface area is 124 Å². The molecule has 0 bridgehead atoms. The molecule has 0 saturated carbocycles. The predicted molar refractivity (Wildman–Crippen MR) is 82.2 cm³/mol. The first-order chi connectivity index (χ1) is 9.08. The van der Waals surface area contributed by atoms with E-state index in [9.17, 15) is 4.79 Å². The molecular weight excluding hydrogens is 326 g/mol. The average molecular weight is 336 g/mol. The molecule has 0 unspecified atom stereocenters. The summed E-state index contributed by atoms with van der Waals surface area (Å²) in [6.45, 7) is 0. The van der Waals surface area contributed by atoms with Gasteiger partial charge in [-0.1, -0.05) is 24.4 Å². The molecule has 96 valence electrons. The molecule has 0 fully saturated rings. The van der Waals surface area contributed by atoms with Gasteiger partial charge in [-0.25, -0.2) is 4.98 Å². The topological polar surface area (TPSA) is 68.0 Å². The molecule has 0 aliphatic heterocycles. The molecule has 19 heavy (non-hydrogen) atoms. The SMILES string of the molecule is NC(=S)c1ccccc1NC(=O)c1ccc(Br)cn1. The van der Waals surface area contributed by atoms with Crippen LogP contribution in [0.15, 0.2) is 47.1 Å². The Morgan fingerprint density at radius 2 is 2.00 bits per heavy atom. The van der Waals surface area contributed by atoms with Crippen molar-refractivity contribution in [2.45, 2.75) is 0 Å². The quantitative estimate of drug-likeness (QED) is 0.846. The monoisotopic (exact) mass is 335 g/mol. The lowest BCUT2D eigenvalue weighted by Gasteiger charge is -2.09. The lowest BCUT2D eigenvalue weighted by atomic mass is 10.1. The summed E-state index contributed by atoms with van der Waals surface area (Å²) in [5.74, 6) is -0.309. The number of anilines is 1. The molecule has 0 saturated heterocycles. The van der Waals surface area contributed by atoms with E-state index in [0.29, 0.717) is 16.9 Å². The number of thiocarbonyl (C=S) groups is 1. The number of carbonyl (C=O) groups is 1. The van der Waals surface area contributed by atoms with Crippen LogP contribution in [-0.4, -0.2) is 15.9 Å². The Hall–Kier alpha value is -1.79. The highest BCUT2D eigenvalue weighted by Gasteiger charge is 2.10. The minimum atomic E-state index is -0.309. The number of rotatable bonds is 3. The highest BCUT2D eigenvalue weighted by atomic mass is 79.9. The first-order valence-corrected chi connectivity index (χ1v) is 6.60. The van der Waals surface area contributed by atoms with Crippen LogP contribution in [0.3, 0.4) is 0 Å². The number of hydrogen-bond acceptors (Lipinski definition) is 3. The van der Waals surface area contributed by atoms with Crippen molar-refractivity contribution >= 4 is 44.7 Å². The minimum absolute atomic E-state index is 0.236. The van der Waals surface area contributed by atoms with Crippen LogP contribution in [0.1, 0.15) is 16.1 Å². The summed E-state index contributed by atoms with van der Waals surface area (Å²) in [5.41, 5.74) is 7.13. The van der Waals surface area contributed by atoms with E-state index in [-0.39, 0.29) is 10.9 Å². The van der Waals surface area contributed by atoms with E-state index in [1.807, 2.05) is 6.07 Å². The zero-order valence-corrected chi connectivity index (χ0v) is 12.2. The molecule has 2 aromatic rings. The predicted octanol–water partition coefficient (Wildman–Crippen LogP) is 2.73. The molecule has 1 amide bonds. The van der Waals surface area contributed by atoms with Gasteiger partial charge in [0.05, 0.1) is 5.69 Å². The lowest BCUT2D eigenvalue weighted by molar-refractivity contribution is 0.102. The van der Waals surface area contributed by atoms with Gasteiger partial charge in [0.15, 0.2) is 0 Å². The van der Waals surface area contributed by atoms with E-state index in [1.54, 1.807) is 36.5 Å². The van der Waals surface area contributed by atoms with Gasteiger partial charge in [-0.05, 0) is 40.2 Å². The molecule has 0 aliphatic rings. The van der Waals surface area contributed by atoms with Crippen molar-refractivity contribution < 1.29 is 4.79 Å². The molecule has 2 rings (SSSR count). The molecule has 1 heterocycles. The number of halogens is 1. The molecule has 4 nitrogen and oxygen atoms in total. The second kappa shape index (κ2) is 5.90. The third kappa shape index (κ3) is 3.36. The number of pyridine rings is 1. The molecule has 6 heteroatoms. The van der Waals surface area contributed by atoms with E-state index in [0.717, 1.165) is 4.47 Å². The number of hydrogen-bond donors (Lipinski definition) is 2. The van der Waals surface area contributed by atoms with E-state index >= 15 is 0 Å². The van der Waals surface area contributed by atoms with Gasteiger partial charge in [0, 0.05) is 16.2 Å². The van der Waals surface area contributed by atoms with Crippen LogP contribution >= 0.6 is 28.1 Å². The number of nitrogens with one attached hydrogen (secondary N) is 1. The Balaban J connectivity index is 2.24. The summed E-state index contributed by atoms with van der Waals surface area (Å²) < 4.78 is 0.813. The van der Waals surface area contributed by atoms with Crippen molar-refractivity contribution in [3.63, 3.8) is 0 Å². The van der Waals surface area contributed by atoms with E-state index < -0.39 is 0 Å². The number of nitrogens with zero attached hydrogens (tertiary/aromatic N) is 1. The van der Waals surface area contributed by atoms with Crippen molar-refractivity contribution in [3.8, 4) is 0 Å². The first-order valence-electron chi connectivity index (χ1n) is 5.39. The van der Waals surface area contributed by atoms with Crippen LogP contribution in [0.25, 0.3) is 0 Å². The number of benzene rings is 1. The van der Waals surface area contributed by atoms with Crippen LogP contribution < -0.4 is 11.1 Å². The first kappa shape index (κ1) is 13.6. The standard InChI is InChI=1S/C13H10BrN3OS/c14-8-5-6-11(16-7-8)13(18)17-10-4-2-1-3-9(10)12(15)19/h1-7H,(H2,15,19)(H,17,18). The van der Waals surface area contributed by atoms with Crippen LogP contribution in [0.2, 0.25) is 0 Å². The third-order valence-electron chi connectivity index (χ3n) is 2.40. The molecule has 0 spiro atoms. The molecular formula is C13H10BrN3OS. The van der Waals surface area contributed by atoms with E-state index in [1.165, 1.54) is 0 Å². The maximum absolute atomic E-state index is 12.0. The fourth-order valence-corrected chi connectivity index (χ4v) is 1.92. The Kier molecular flexibility index (Phi) is 4.24. The normalized spacial score (nSPS) is 9.95. The maximum Gasteiger partial charge on any atom is 0.274 e. The zero-order valence-electron chi connectivity index (χ0n) is 9.76. The van der Waals surface area contributed by atoms with Crippen molar-refractivity contribution in [2.24, 2.45) is 5.73 Å². The number of amides is 1. The van der Waals surface area contributed by atoms with Crippen LogP contribution in [-0.2, 0) is 0 Å². The molecule has 0 radical (unpaired) electrons. The van der Waals surface area contributed by atoms with Gasteiger partial charge in [0.1, 0.15) is 10.7 Å². The lowest BCUT2D eigenvalue weighted by Crippen LogP contribution is -2.18. The smallest absolute Gasteiger partial charge is 0.274 e. The summed E-state index contributed by atoms with van der Waals surface area (Å²) in [7, 11) is 0. The second-order valence-electron chi connectivity index (χ2n) is 3.73. The molecule has 0 atom stereocenters. The van der Waals surface area contributed by atoms with Crippen LogP contribution in [0.5, 0.6) is 0 Å². The van der Waals surface area contributed by atoms with Gasteiger partial charge in [-0.2, -0.15) is 0 Å². The number of carbonyl (C=O) groups excluding carboxylic acids is 1. The Bertz CT molecular complexity index is 628. The molecule has 1 aromatic heterocycles. The summed E-state index contributed by atoms with van der Waals surface area (Å²) in [6.07, 6.45) is 1.56. The summed E-state index contributed by atoms with van der Waals surface area (Å²) in [4.78, 5) is 16.3. The van der Waals surface area contributed by atoms with Gasteiger partial charge < -0.3 is 11.1 Å². The maximum atomic E-state index is 12.0. The zero-order chi connectivity index (χ0) is 13.8. The second-order valence-corrected chi connectivity index (χ2v) is 5.08. The fourth-order valence-electron chi connectivity index (χ4n) is 1.50. The molecule has 1 aromatic carbocycles. The largest absolute Gasteiger partial charge is 0.389 e. The molecule has 0 aliphatic carbocycles. The Morgan fingerprint density at radius 3 is 2.63 bits per heavy atom. The van der Waals surface area contributed by atoms with Gasteiger partial charge in [0.25, 0.3) is 5.91 Å². The van der Waals surface area contributed by atoms with Gasteiger partial charge in [0.2, 0.25) is 0 Å². The summed E-state index contributed by atoms with van der Waals surface area (Å²) in [6, 6.07) is 10.5. The summed E-state index contributed by atoms with van der Waals surface area (Å²) in [5, 5.41) is 2.74. The van der Waals surface area contributed by atoms with E-state index in [2.05, 4.69) is 26.2 Å². The number of aromatic nitrogens is 1. The average Bonchev–Trinajstić information content (AvgIpc) is 2.39. The van der Waals surface area contributed by atoms with Crippen molar-refractivity contribution in [2.75, 3.05) is 5.32 Å². The van der Waals surface area contributed by atoms with Crippen LogP contribution in [0, 0.1) is 0 Å². The highest BCUT2D eigenvalue weighted by molar-refractivity contribution is 9.10. The summed E-state index contributed by atoms with van der Waals surface area (Å²) >= 11 is 8.21. The van der Waals surface area contributed by atoms with Crippen molar-refractivity contribution in [1.82, 2.24) is 4.98 Å². The van der Waals surface area contributed by atoms with Gasteiger partial charge in [-0.3, -0.25) is 4.79 Å². The highest BCUT2D eigenvalue weighted by Crippen LogP contribution is 2.16. The van der Waals surface area contributed by atoms with Gasteiger partial charge in [-0.15, -0.1) is 0 Å². The number of nitrogens with two attached hydrogens (primary N) is 1. The Morgan fingerprint density at radius 1 is 1.26 bits per heavy atom.